The molecule has 0 fully saturated rings. The van der Waals surface area contributed by atoms with Gasteiger partial charge in [-0.25, -0.2) is 0 Å². The zero-order valence-corrected chi connectivity index (χ0v) is 13.1. The Hall–Kier alpha value is -1.20. The van der Waals surface area contributed by atoms with Gasteiger partial charge in [0.05, 0.1) is 5.56 Å². The van der Waals surface area contributed by atoms with E-state index >= 15 is 0 Å². The SMILES string of the molecule is CCN(CC)CCNc1cc(C)nc(C)c1C(N)=S. The van der Waals surface area contributed by atoms with Crippen LogP contribution >= 0.6 is 12.2 Å². The van der Waals surface area contributed by atoms with Crippen molar-refractivity contribution < 1.29 is 0 Å². The number of aryl methyl sites for hydroxylation is 2. The van der Waals surface area contributed by atoms with Gasteiger partial charge in [0.2, 0.25) is 0 Å². The summed E-state index contributed by atoms with van der Waals surface area (Å²) in [5.41, 5.74) is 9.50. The van der Waals surface area contributed by atoms with Crippen molar-refractivity contribution in [3.05, 3.63) is 23.0 Å². The zero-order chi connectivity index (χ0) is 14.4. The first-order valence-electron chi connectivity index (χ1n) is 6.73. The minimum Gasteiger partial charge on any atom is -0.389 e. The number of hydrogen-bond acceptors (Lipinski definition) is 4. The van der Waals surface area contributed by atoms with Gasteiger partial charge in [0.25, 0.3) is 0 Å². The molecule has 5 heteroatoms. The Morgan fingerprint density at radius 3 is 2.53 bits per heavy atom. The van der Waals surface area contributed by atoms with Gasteiger partial charge in [0, 0.05) is 30.2 Å². The molecule has 0 saturated carbocycles. The molecule has 0 aliphatic rings. The van der Waals surface area contributed by atoms with Crippen LogP contribution < -0.4 is 11.1 Å². The number of thiocarbonyl (C=S) groups is 1. The zero-order valence-electron chi connectivity index (χ0n) is 12.3. The number of hydrogen-bond donors (Lipinski definition) is 2. The molecule has 1 heterocycles. The fourth-order valence-electron chi connectivity index (χ4n) is 2.17. The average Bonchev–Trinajstić information content (AvgIpc) is 2.33. The second kappa shape index (κ2) is 7.40. The quantitative estimate of drug-likeness (QED) is 0.749. The minimum absolute atomic E-state index is 0.398. The number of rotatable bonds is 7. The predicted molar refractivity (Wildman–Crippen MR) is 85.9 cm³/mol. The van der Waals surface area contributed by atoms with Crippen molar-refractivity contribution in [3.8, 4) is 0 Å². The molecular formula is C14H24N4S. The Bertz CT molecular complexity index is 441. The molecule has 3 N–H and O–H groups in total. The Balaban J connectivity index is 2.80. The highest BCUT2D eigenvalue weighted by Gasteiger charge is 2.11. The van der Waals surface area contributed by atoms with E-state index in [1.54, 1.807) is 0 Å². The summed E-state index contributed by atoms with van der Waals surface area (Å²) < 4.78 is 0. The van der Waals surface area contributed by atoms with E-state index in [1.165, 1.54) is 0 Å². The van der Waals surface area contributed by atoms with Crippen molar-refractivity contribution in [2.75, 3.05) is 31.5 Å². The largest absolute Gasteiger partial charge is 0.389 e. The van der Waals surface area contributed by atoms with Crippen LogP contribution in [-0.2, 0) is 0 Å². The summed E-state index contributed by atoms with van der Waals surface area (Å²) in [5.74, 6) is 0. The van der Waals surface area contributed by atoms with E-state index in [1.807, 2.05) is 19.9 Å². The molecule has 0 bridgehead atoms. The highest BCUT2D eigenvalue weighted by Crippen LogP contribution is 2.19. The highest BCUT2D eigenvalue weighted by molar-refractivity contribution is 7.80. The fraction of sp³-hybridized carbons (Fsp3) is 0.571. The van der Waals surface area contributed by atoms with Crippen molar-refractivity contribution >= 4 is 22.9 Å². The highest BCUT2D eigenvalue weighted by atomic mass is 32.1. The Morgan fingerprint density at radius 1 is 1.37 bits per heavy atom. The number of pyridine rings is 1. The molecule has 1 aromatic heterocycles. The van der Waals surface area contributed by atoms with E-state index in [-0.39, 0.29) is 0 Å². The number of aromatic nitrogens is 1. The van der Waals surface area contributed by atoms with Gasteiger partial charge < -0.3 is 16.0 Å². The normalized spacial score (nSPS) is 10.8. The average molecular weight is 280 g/mol. The molecule has 0 spiro atoms. The van der Waals surface area contributed by atoms with Gasteiger partial charge in [0.1, 0.15) is 4.99 Å². The third-order valence-corrected chi connectivity index (χ3v) is 3.42. The molecule has 19 heavy (non-hydrogen) atoms. The van der Waals surface area contributed by atoms with E-state index in [4.69, 9.17) is 18.0 Å². The molecule has 0 aliphatic heterocycles. The van der Waals surface area contributed by atoms with Crippen molar-refractivity contribution in [2.45, 2.75) is 27.7 Å². The van der Waals surface area contributed by atoms with Gasteiger partial charge in [-0.2, -0.15) is 0 Å². The first kappa shape index (κ1) is 15.9. The van der Waals surface area contributed by atoms with Crippen LogP contribution in [0.15, 0.2) is 6.07 Å². The molecule has 0 amide bonds. The molecule has 1 aromatic rings. The third kappa shape index (κ3) is 4.44. The second-order valence-electron chi connectivity index (χ2n) is 4.59. The Labute approximate surface area is 121 Å². The van der Waals surface area contributed by atoms with Gasteiger partial charge >= 0.3 is 0 Å². The lowest BCUT2D eigenvalue weighted by Crippen LogP contribution is -2.29. The standard InChI is InChI=1S/C14H24N4S/c1-5-18(6-2)8-7-16-12-9-10(3)17-11(4)13(12)14(15)19/h9H,5-8H2,1-4H3,(H2,15,19)(H,16,17). The number of likely N-dealkylation sites (N-methyl/N-ethyl adjacent to an activating group) is 1. The van der Waals surface area contributed by atoms with Gasteiger partial charge in [-0.1, -0.05) is 26.1 Å². The summed E-state index contributed by atoms with van der Waals surface area (Å²) in [7, 11) is 0. The van der Waals surface area contributed by atoms with E-state index in [2.05, 4.69) is 29.0 Å². The molecular weight excluding hydrogens is 256 g/mol. The summed E-state index contributed by atoms with van der Waals surface area (Å²) in [4.78, 5) is 7.18. The van der Waals surface area contributed by atoms with Crippen LogP contribution in [0.1, 0.15) is 30.8 Å². The van der Waals surface area contributed by atoms with E-state index < -0.39 is 0 Å². The maximum Gasteiger partial charge on any atom is 0.107 e. The van der Waals surface area contributed by atoms with Crippen molar-refractivity contribution in [3.63, 3.8) is 0 Å². The summed E-state index contributed by atoms with van der Waals surface area (Å²) in [6.45, 7) is 12.3. The van der Waals surface area contributed by atoms with Gasteiger partial charge in [-0.15, -0.1) is 0 Å². The minimum atomic E-state index is 0.398. The summed E-state index contributed by atoms with van der Waals surface area (Å²) >= 11 is 5.12. The predicted octanol–water partition coefficient (Wildman–Crippen LogP) is 2.09. The molecule has 0 atom stereocenters. The van der Waals surface area contributed by atoms with Crippen LogP contribution in [0.4, 0.5) is 5.69 Å². The first-order chi connectivity index (χ1) is 8.99. The molecule has 106 valence electrons. The number of nitrogens with one attached hydrogen (secondary N) is 1. The van der Waals surface area contributed by atoms with Crippen LogP contribution in [0.25, 0.3) is 0 Å². The monoisotopic (exact) mass is 280 g/mol. The molecule has 0 radical (unpaired) electrons. The topological polar surface area (TPSA) is 54.2 Å². The molecule has 4 nitrogen and oxygen atoms in total. The first-order valence-corrected chi connectivity index (χ1v) is 7.14. The maximum atomic E-state index is 5.79. The molecule has 1 rings (SSSR count). The molecule has 0 aromatic carbocycles. The van der Waals surface area contributed by atoms with Gasteiger partial charge in [-0.3, -0.25) is 4.98 Å². The van der Waals surface area contributed by atoms with Crippen molar-refractivity contribution in [1.29, 1.82) is 0 Å². The molecule has 0 unspecified atom stereocenters. The summed E-state index contributed by atoms with van der Waals surface area (Å²) in [6, 6.07) is 2.00. The fourth-order valence-corrected chi connectivity index (χ4v) is 2.43. The van der Waals surface area contributed by atoms with Crippen LogP contribution in [0.2, 0.25) is 0 Å². The van der Waals surface area contributed by atoms with E-state index in [0.717, 1.165) is 48.8 Å². The number of nitrogens with zero attached hydrogens (tertiary/aromatic N) is 2. The summed E-state index contributed by atoms with van der Waals surface area (Å²) in [6.07, 6.45) is 0. The van der Waals surface area contributed by atoms with Gasteiger partial charge in [0.15, 0.2) is 0 Å². The van der Waals surface area contributed by atoms with Gasteiger partial charge in [-0.05, 0) is 33.0 Å². The van der Waals surface area contributed by atoms with Crippen molar-refractivity contribution in [2.24, 2.45) is 5.73 Å². The second-order valence-corrected chi connectivity index (χ2v) is 5.03. The van der Waals surface area contributed by atoms with Crippen LogP contribution in [-0.4, -0.2) is 41.1 Å². The Morgan fingerprint density at radius 2 is 2.00 bits per heavy atom. The van der Waals surface area contributed by atoms with E-state index in [0.29, 0.717) is 4.99 Å². The van der Waals surface area contributed by atoms with Crippen LogP contribution in [0, 0.1) is 13.8 Å². The number of anilines is 1. The number of nitrogens with two attached hydrogens (primary N) is 1. The maximum absolute atomic E-state index is 5.79. The van der Waals surface area contributed by atoms with E-state index in [9.17, 15) is 0 Å². The lowest BCUT2D eigenvalue weighted by molar-refractivity contribution is 0.316. The smallest absolute Gasteiger partial charge is 0.107 e. The lowest BCUT2D eigenvalue weighted by atomic mass is 10.1. The van der Waals surface area contributed by atoms with Crippen LogP contribution in [0.3, 0.4) is 0 Å². The third-order valence-electron chi connectivity index (χ3n) is 3.21. The van der Waals surface area contributed by atoms with Crippen molar-refractivity contribution in [1.82, 2.24) is 9.88 Å². The molecule has 0 saturated heterocycles. The summed E-state index contributed by atoms with van der Waals surface area (Å²) in [5, 5.41) is 3.43. The molecule has 0 aliphatic carbocycles. The lowest BCUT2D eigenvalue weighted by Gasteiger charge is -2.20. The van der Waals surface area contributed by atoms with Crippen LogP contribution in [0.5, 0.6) is 0 Å². The Kier molecular flexibility index (Phi) is 6.18.